The summed E-state index contributed by atoms with van der Waals surface area (Å²) in [5.74, 6) is 0. The average molecular weight is 253 g/mol. The summed E-state index contributed by atoms with van der Waals surface area (Å²) in [5, 5.41) is 12.6. The van der Waals surface area contributed by atoms with Gasteiger partial charge in [-0.25, -0.2) is 4.68 Å². The highest BCUT2D eigenvalue weighted by atomic mass is 35.5. The van der Waals surface area contributed by atoms with Gasteiger partial charge in [0.1, 0.15) is 0 Å². The van der Waals surface area contributed by atoms with Gasteiger partial charge in [-0.3, -0.25) is 9.89 Å². The molecule has 0 fully saturated rings. The first-order valence-electron chi connectivity index (χ1n) is 5.37. The van der Waals surface area contributed by atoms with Crippen molar-refractivity contribution in [3.8, 4) is 5.69 Å². The lowest BCUT2D eigenvalue weighted by atomic mass is 10.2. The molecule has 0 spiro atoms. The number of aliphatic hydroxyl groups is 1. The van der Waals surface area contributed by atoms with Gasteiger partial charge in [0.15, 0.2) is 0 Å². The smallest absolute Gasteiger partial charge is 0.277 e. The van der Waals surface area contributed by atoms with Crippen molar-refractivity contribution in [2.45, 2.75) is 20.0 Å². The van der Waals surface area contributed by atoms with Gasteiger partial charge in [-0.2, -0.15) is 0 Å². The standard InChI is InChI=1S/C12H13ClN2O2/c1-2-10-8(7-16)12(17)15(14-10)11-6-4-3-5-9(11)13/h3-6,14,16H,2,7H2,1H3. The number of H-pyrrole nitrogens is 1. The molecular formula is C12H13ClN2O2. The molecule has 90 valence electrons. The Bertz CT molecular complexity index is 586. The Hall–Kier alpha value is -1.52. The molecule has 0 aliphatic carbocycles. The number of nitrogens with zero attached hydrogens (tertiary/aromatic N) is 1. The summed E-state index contributed by atoms with van der Waals surface area (Å²) in [5.41, 5.74) is 1.47. The third-order valence-corrected chi connectivity index (χ3v) is 3.00. The third-order valence-electron chi connectivity index (χ3n) is 2.68. The van der Waals surface area contributed by atoms with Gasteiger partial charge in [-0.15, -0.1) is 0 Å². The molecule has 1 aromatic carbocycles. The maximum Gasteiger partial charge on any atom is 0.277 e. The van der Waals surface area contributed by atoms with Gasteiger partial charge in [0.2, 0.25) is 0 Å². The number of benzene rings is 1. The van der Waals surface area contributed by atoms with Crippen molar-refractivity contribution in [1.82, 2.24) is 9.78 Å². The van der Waals surface area contributed by atoms with Crippen LogP contribution in [0.15, 0.2) is 29.1 Å². The summed E-state index contributed by atoms with van der Waals surface area (Å²) >= 11 is 6.04. The Balaban J connectivity index is 2.65. The number of aliphatic hydroxyl groups excluding tert-OH is 1. The van der Waals surface area contributed by atoms with Gasteiger partial charge in [-0.1, -0.05) is 30.7 Å². The first-order valence-corrected chi connectivity index (χ1v) is 5.75. The molecule has 0 unspecified atom stereocenters. The summed E-state index contributed by atoms with van der Waals surface area (Å²) in [6.45, 7) is 1.65. The molecule has 2 N–H and O–H groups in total. The van der Waals surface area contributed by atoms with Gasteiger partial charge >= 0.3 is 0 Å². The van der Waals surface area contributed by atoms with Crippen molar-refractivity contribution >= 4 is 11.6 Å². The minimum atomic E-state index is -0.268. The van der Waals surface area contributed by atoms with Gasteiger partial charge in [0.05, 0.1) is 22.9 Å². The molecule has 1 aromatic heterocycles. The second-order valence-electron chi connectivity index (χ2n) is 3.67. The molecule has 0 bridgehead atoms. The lowest BCUT2D eigenvalue weighted by Gasteiger charge is -2.03. The number of hydrogen-bond donors (Lipinski definition) is 2. The summed E-state index contributed by atoms with van der Waals surface area (Å²) < 4.78 is 1.37. The van der Waals surface area contributed by atoms with Gasteiger partial charge in [-0.05, 0) is 18.6 Å². The zero-order valence-corrected chi connectivity index (χ0v) is 10.2. The highest BCUT2D eigenvalue weighted by molar-refractivity contribution is 6.32. The number of rotatable bonds is 3. The van der Waals surface area contributed by atoms with Crippen LogP contribution in [-0.4, -0.2) is 14.9 Å². The van der Waals surface area contributed by atoms with Crippen LogP contribution in [0.5, 0.6) is 0 Å². The zero-order valence-electron chi connectivity index (χ0n) is 9.40. The van der Waals surface area contributed by atoms with Crippen LogP contribution in [0.1, 0.15) is 18.2 Å². The minimum Gasteiger partial charge on any atom is -0.391 e. The molecule has 1 heterocycles. The summed E-state index contributed by atoms with van der Waals surface area (Å²) in [6, 6.07) is 7.07. The third kappa shape index (κ3) is 2.01. The number of hydrogen-bond acceptors (Lipinski definition) is 2. The highest BCUT2D eigenvalue weighted by Crippen LogP contribution is 2.18. The van der Waals surface area contributed by atoms with Crippen molar-refractivity contribution < 1.29 is 5.11 Å². The van der Waals surface area contributed by atoms with E-state index in [1.165, 1.54) is 4.68 Å². The quantitative estimate of drug-likeness (QED) is 0.876. The van der Waals surface area contributed by atoms with Gasteiger partial charge in [0, 0.05) is 5.69 Å². The molecule has 2 aromatic rings. The van der Waals surface area contributed by atoms with Crippen LogP contribution in [0.25, 0.3) is 5.69 Å². The Kier molecular flexibility index (Phi) is 3.36. The number of aromatic nitrogens is 2. The van der Waals surface area contributed by atoms with Crippen LogP contribution in [0, 0.1) is 0 Å². The van der Waals surface area contributed by atoms with Crippen LogP contribution in [0.3, 0.4) is 0 Å². The highest BCUT2D eigenvalue weighted by Gasteiger charge is 2.14. The molecule has 17 heavy (non-hydrogen) atoms. The van der Waals surface area contributed by atoms with E-state index in [2.05, 4.69) is 5.10 Å². The second-order valence-corrected chi connectivity index (χ2v) is 4.08. The largest absolute Gasteiger partial charge is 0.391 e. The van der Waals surface area contributed by atoms with Gasteiger partial charge in [0.25, 0.3) is 5.56 Å². The van der Waals surface area contributed by atoms with Gasteiger partial charge < -0.3 is 5.11 Å². The molecule has 5 heteroatoms. The van der Waals surface area contributed by atoms with E-state index in [1.54, 1.807) is 24.3 Å². The Morgan fingerprint density at radius 2 is 2.12 bits per heavy atom. The number of halogens is 1. The van der Waals surface area contributed by atoms with Crippen LogP contribution in [-0.2, 0) is 13.0 Å². The molecule has 0 saturated carbocycles. The van der Waals surface area contributed by atoms with Crippen LogP contribution < -0.4 is 5.56 Å². The topological polar surface area (TPSA) is 58.0 Å². The van der Waals surface area contributed by atoms with Crippen molar-refractivity contribution in [3.05, 3.63) is 50.9 Å². The predicted molar refractivity (Wildman–Crippen MR) is 66.7 cm³/mol. The first-order chi connectivity index (χ1) is 8.19. The van der Waals surface area contributed by atoms with E-state index in [-0.39, 0.29) is 12.2 Å². The lowest BCUT2D eigenvalue weighted by Crippen LogP contribution is -2.17. The molecular weight excluding hydrogens is 240 g/mol. The summed E-state index contributed by atoms with van der Waals surface area (Å²) in [4.78, 5) is 12.0. The number of aromatic amines is 1. The van der Waals surface area contributed by atoms with E-state index in [0.717, 1.165) is 5.69 Å². The Morgan fingerprint density at radius 3 is 2.65 bits per heavy atom. The van der Waals surface area contributed by atoms with Crippen molar-refractivity contribution in [1.29, 1.82) is 0 Å². The maximum absolute atomic E-state index is 12.0. The fourth-order valence-corrected chi connectivity index (χ4v) is 2.00. The Labute approximate surface area is 103 Å². The average Bonchev–Trinajstić information content (AvgIpc) is 2.66. The molecule has 0 saturated heterocycles. The summed E-state index contributed by atoms with van der Waals surface area (Å²) in [6.07, 6.45) is 0.655. The predicted octanol–water partition coefficient (Wildman–Crippen LogP) is 1.87. The monoisotopic (exact) mass is 252 g/mol. The van der Waals surface area contributed by atoms with E-state index in [1.807, 2.05) is 6.92 Å². The molecule has 2 rings (SSSR count). The fourth-order valence-electron chi connectivity index (χ4n) is 1.78. The van der Waals surface area contributed by atoms with E-state index in [4.69, 9.17) is 11.6 Å². The second kappa shape index (κ2) is 4.77. The number of para-hydroxylation sites is 1. The maximum atomic E-state index is 12.0. The van der Waals surface area contributed by atoms with Crippen molar-refractivity contribution in [2.24, 2.45) is 0 Å². The van der Waals surface area contributed by atoms with Crippen molar-refractivity contribution in [2.75, 3.05) is 0 Å². The molecule has 4 nitrogen and oxygen atoms in total. The summed E-state index contributed by atoms with van der Waals surface area (Å²) in [7, 11) is 0. The van der Waals surface area contributed by atoms with Crippen molar-refractivity contribution in [3.63, 3.8) is 0 Å². The van der Waals surface area contributed by atoms with E-state index in [9.17, 15) is 9.90 Å². The fraction of sp³-hybridized carbons (Fsp3) is 0.250. The Morgan fingerprint density at radius 1 is 1.41 bits per heavy atom. The SMILES string of the molecule is CCc1[nH]n(-c2ccccc2Cl)c(=O)c1CO. The molecule has 0 radical (unpaired) electrons. The molecule has 0 aliphatic rings. The first kappa shape index (κ1) is 12.0. The van der Waals surface area contributed by atoms with Crippen LogP contribution in [0.2, 0.25) is 5.02 Å². The van der Waals surface area contributed by atoms with Crippen LogP contribution in [0.4, 0.5) is 0 Å². The van der Waals surface area contributed by atoms with E-state index in [0.29, 0.717) is 22.7 Å². The zero-order chi connectivity index (χ0) is 12.4. The van der Waals surface area contributed by atoms with E-state index >= 15 is 0 Å². The molecule has 0 amide bonds. The van der Waals surface area contributed by atoms with Crippen LogP contribution >= 0.6 is 11.6 Å². The molecule has 0 atom stereocenters. The van der Waals surface area contributed by atoms with E-state index < -0.39 is 0 Å². The normalized spacial score (nSPS) is 10.8. The molecule has 0 aliphatic heterocycles. The lowest BCUT2D eigenvalue weighted by molar-refractivity contribution is 0.279. The minimum absolute atomic E-state index is 0.252. The number of aryl methyl sites for hydroxylation is 1. The number of nitrogens with one attached hydrogen (secondary N) is 1.